The van der Waals surface area contributed by atoms with Crippen LogP contribution in [0.1, 0.15) is 23.7 Å². The number of para-hydroxylation sites is 1. The van der Waals surface area contributed by atoms with E-state index in [0.29, 0.717) is 17.9 Å². The van der Waals surface area contributed by atoms with Crippen LogP contribution in [0.3, 0.4) is 0 Å². The van der Waals surface area contributed by atoms with Gasteiger partial charge in [0.25, 0.3) is 5.69 Å². The Bertz CT molecular complexity index is 1280. The number of nitrogens with two attached hydrogens (primary N) is 1. The fraction of sp³-hybridized carbons (Fsp3) is 0.0952. The summed E-state index contributed by atoms with van der Waals surface area (Å²) in [6, 6.07) is 20.4. The third-order valence-corrected chi connectivity index (χ3v) is 5.73. The molecule has 1 heterocycles. The second-order valence-corrected chi connectivity index (χ2v) is 8.43. The van der Waals surface area contributed by atoms with Crippen LogP contribution in [0.4, 0.5) is 11.4 Å². The maximum atomic E-state index is 11.5. The first-order valence-corrected chi connectivity index (χ1v) is 10.8. The molecule has 0 spiro atoms. The van der Waals surface area contributed by atoms with Crippen molar-refractivity contribution in [3.63, 3.8) is 0 Å². The van der Waals surface area contributed by atoms with Gasteiger partial charge in [-0.3, -0.25) is 15.5 Å². The molecule has 0 radical (unpaired) electrons. The quantitative estimate of drug-likeness (QED) is 0.461. The molecule has 0 amide bonds. The molecule has 9 nitrogen and oxygen atoms in total. The van der Waals surface area contributed by atoms with E-state index in [1.807, 2.05) is 54.6 Å². The first-order chi connectivity index (χ1) is 14.8. The van der Waals surface area contributed by atoms with Gasteiger partial charge in [-0.05, 0) is 29.8 Å². The maximum Gasteiger partial charge on any atom is 0.295 e. The van der Waals surface area contributed by atoms with Crippen molar-refractivity contribution in [2.24, 2.45) is 10.2 Å². The third-order valence-electron chi connectivity index (χ3n) is 4.82. The molecule has 158 valence electrons. The molecular weight excluding hydrogens is 420 g/mol. The van der Waals surface area contributed by atoms with Gasteiger partial charge >= 0.3 is 0 Å². The van der Waals surface area contributed by atoms with Crippen molar-refractivity contribution in [2.45, 2.75) is 17.4 Å². The topological polar surface area (TPSA) is 137 Å². The molecule has 1 aliphatic rings. The molecule has 0 fully saturated rings. The van der Waals surface area contributed by atoms with Crippen LogP contribution in [0.5, 0.6) is 5.75 Å². The number of nitro benzene ring substituents is 1. The van der Waals surface area contributed by atoms with Gasteiger partial charge in [0.05, 0.1) is 15.5 Å². The lowest BCUT2D eigenvalue weighted by Crippen LogP contribution is -2.22. The molecular formula is C21H18N4O5S. The Morgan fingerprint density at radius 1 is 1.06 bits per heavy atom. The number of sulfonamides is 1. The first-order valence-electron chi connectivity index (χ1n) is 9.28. The van der Waals surface area contributed by atoms with E-state index in [9.17, 15) is 18.5 Å². The van der Waals surface area contributed by atoms with Gasteiger partial charge < -0.3 is 4.74 Å². The van der Waals surface area contributed by atoms with Crippen molar-refractivity contribution in [3.8, 4) is 5.75 Å². The van der Waals surface area contributed by atoms with Gasteiger partial charge in [0.1, 0.15) is 17.5 Å². The highest BCUT2D eigenvalue weighted by Gasteiger charge is 2.26. The lowest BCUT2D eigenvalue weighted by atomic mass is 9.96. The van der Waals surface area contributed by atoms with Gasteiger partial charge in [-0.15, -0.1) is 0 Å². The van der Waals surface area contributed by atoms with Crippen LogP contribution in [-0.2, 0) is 10.0 Å². The summed E-state index contributed by atoms with van der Waals surface area (Å²) in [5.74, 6) is 0.655. The predicted molar refractivity (Wildman–Crippen MR) is 115 cm³/mol. The molecule has 3 aromatic rings. The summed E-state index contributed by atoms with van der Waals surface area (Å²) in [5.41, 5.74) is 4.71. The standard InChI is InChI=1S/C21H18N4O5S/c22-31(28,29)15-10-11-17(19(12-15)25(26)27)23-24-18-13-21(14-6-2-1-3-7-14)30-20-9-5-4-8-16(18)20/h1-12,21,23H,13H2,(H2,22,28,29)/b24-18+. The molecule has 10 heteroatoms. The zero-order valence-corrected chi connectivity index (χ0v) is 17.0. The average Bonchev–Trinajstić information content (AvgIpc) is 2.77. The molecule has 0 bridgehead atoms. The number of rotatable bonds is 5. The lowest BCUT2D eigenvalue weighted by molar-refractivity contribution is -0.384. The smallest absolute Gasteiger partial charge is 0.295 e. The molecule has 0 aromatic heterocycles. The number of fused-ring (bicyclic) bond motifs is 1. The van der Waals surface area contributed by atoms with Gasteiger partial charge in [-0.25, -0.2) is 13.6 Å². The Labute approximate surface area is 178 Å². The van der Waals surface area contributed by atoms with Crippen molar-refractivity contribution in [1.29, 1.82) is 0 Å². The van der Waals surface area contributed by atoms with E-state index >= 15 is 0 Å². The van der Waals surface area contributed by atoms with E-state index in [4.69, 9.17) is 9.88 Å². The van der Waals surface area contributed by atoms with E-state index in [0.717, 1.165) is 17.2 Å². The Balaban J connectivity index is 1.70. The van der Waals surface area contributed by atoms with Crippen LogP contribution in [0.25, 0.3) is 0 Å². The lowest BCUT2D eigenvalue weighted by Gasteiger charge is -2.27. The monoisotopic (exact) mass is 438 g/mol. The molecule has 3 aromatic carbocycles. The van der Waals surface area contributed by atoms with Crippen molar-refractivity contribution < 1.29 is 18.1 Å². The number of ether oxygens (including phenoxy) is 1. The van der Waals surface area contributed by atoms with Crippen molar-refractivity contribution >= 4 is 27.1 Å². The van der Waals surface area contributed by atoms with Crippen LogP contribution in [-0.4, -0.2) is 19.1 Å². The summed E-state index contributed by atoms with van der Waals surface area (Å²) >= 11 is 0. The summed E-state index contributed by atoms with van der Waals surface area (Å²) in [4.78, 5) is 10.4. The molecule has 0 saturated heterocycles. The number of hydrogen-bond acceptors (Lipinski definition) is 7. The number of hydrazone groups is 1. The Hall–Kier alpha value is -3.76. The van der Waals surface area contributed by atoms with Crippen molar-refractivity contribution in [3.05, 3.63) is 94.0 Å². The summed E-state index contributed by atoms with van der Waals surface area (Å²) < 4.78 is 29.2. The van der Waals surface area contributed by atoms with Gasteiger partial charge in [0, 0.05) is 18.1 Å². The number of benzene rings is 3. The van der Waals surface area contributed by atoms with Gasteiger partial charge in [0.15, 0.2) is 0 Å². The molecule has 3 N–H and O–H groups in total. The normalized spacial score (nSPS) is 16.9. The Morgan fingerprint density at radius 2 is 1.77 bits per heavy atom. The largest absolute Gasteiger partial charge is 0.485 e. The minimum absolute atomic E-state index is 0.0464. The number of nitrogens with zero attached hydrogens (tertiary/aromatic N) is 2. The van der Waals surface area contributed by atoms with Crippen LogP contribution >= 0.6 is 0 Å². The number of nitro groups is 1. The summed E-state index contributed by atoms with van der Waals surface area (Å²) in [7, 11) is -4.07. The number of hydrogen-bond donors (Lipinski definition) is 2. The fourth-order valence-electron chi connectivity index (χ4n) is 3.31. The van der Waals surface area contributed by atoms with Crippen LogP contribution in [0.15, 0.2) is 82.8 Å². The SMILES string of the molecule is NS(=O)(=O)c1ccc(N/N=C2\CC(c3ccccc3)Oc3ccccc32)c([N+](=O)[O-])c1. The molecule has 4 rings (SSSR count). The number of primary sulfonamides is 1. The second kappa shape index (κ2) is 8.17. The van der Waals surface area contributed by atoms with E-state index < -0.39 is 20.6 Å². The summed E-state index contributed by atoms with van der Waals surface area (Å²) in [5, 5.41) is 20.9. The highest BCUT2D eigenvalue weighted by molar-refractivity contribution is 7.89. The maximum absolute atomic E-state index is 11.5. The average molecular weight is 438 g/mol. The first kappa shape index (κ1) is 20.5. The molecule has 1 unspecified atom stereocenters. The number of anilines is 1. The minimum atomic E-state index is -4.07. The highest BCUT2D eigenvalue weighted by atomic mass is 32.2. The molecule has 1 atom stereocenters. The van der Waals surface area contributed by atoms with Gasteiger partial charge in [-0.2, -0.15) is 5.10 Å². The predicted octanol–water partition coefficient (Wildman–Crippen LogP) is 3.58. The van der Waals surface area contributed by atoms with E-state index in [1.54, 1.807) is 0 Å². The van der Waals surface area contributed by atoms with Crippen LogP contribution in [0, 0.1) is 10.1 Å². The molecule has 31 heavy (non-hydrogen) atoms. The zero-order chi connectivity index (χ0) is 22.0. The summed E-state index contributed by atoms with van der Waals surface area (Å²) in [6.07, 6.45) is 0.174. The van der Waals surface area contributed by atoms with Gasteiger partial charge in [-0.1, -0.05) is 42.5 Å². The third kappa shape index (κ3) is 4.39. The number of nitrogens with one attached hydrogen (secondary N) is 1. The minimum Gasteiger partial charge on any atom is -0.485 e. The molecule has 1 aliphatic heterocycles. The summed E-state index contributed by atoms with van der Waals surface area (Å²) in [6.45, 7) is 0. The molecule has 0 saturated carbocycles. The van der Waals surface area contributed by atoms with Crippen LogP contribution in [0.2, 0.25) is 0 Å². The molecule has 0 aliphatic carbocycles. The van der Waals surface area contributed by atoms with Crippen molar-refractivity contribution in [1.82, 2.24) is 0 Å². The van der Waals surface area contributed by atoms with Crippen LogP contribution < -0.4 is 15.3 Å². The zero-order valence-electron chi connectivity index (χ0n) is 16.1. The van der Waals surface area contributed by atoms with Crippen molar-refractivity contribution in [2.75, 3.05) is 5.43 Å². The van der Waals surface area contributed by atoms with E-state index in [1.165, 1.54) is 12.1 Å². The second-order valence-electron chi connectivity index (χ2n) is 6.87. The van der Waals surface area contributed by atoms with Gasteiger partial charge in [0.2, 0.25) is 10.0 Å². The Morgan fingerprint density at radius 3 is 2.48 bits per heavy atom. The van der Waals surface area contributed by atoms with E-state index in [2.05, 4.69) is 10.5 Å². The highest BCUT2D eigenvalue weighted by Crippen LogP contribution is 2.35. The van der Waals surface area contributed by atoms with E-state index in [-0.39, 0.29) is 16.7 Å². The fourth-order valence-corrected chi connectivity index (χ4v) is 3.84. The Kier molecular flexibility index (Phi) is 5.40.